The molecule has 0 heteroatoms. The third kappa shape index (κ3) is 4.33. The Morgan fingerprint density at radius 2 is 0.804 bits per heavy atom. The predicted octanol–water partition coefficient (Wildman–Crippen LogP) is 14.1. The van der Waals surface area contributed by atoms with Crippen molar-refractivity contribution in [1.82, 2.24) is 0 Å². The van der Waals surface area contributed by atoms with E-state index in [1.54, 1.807) is 0 Å². The van der Waals surface area contributed by atoms with E-state index in [9.17, 15) is 0 Å². The molecule has 2 aliphatic carbocycles. The van der Waals surface area contributed by atoms with Crippen molar-refractivity contribution in [3.63, 3.8) is 0 Å². The number of hydrogen-bond acceptors (Lipinski definition) is 0. The molecule has 1 saturated carbocycles. The van der Waals surface area contributed by atoms with Crippen molar-refractivity contribution in [2.75, 3.05) is 0 Å². The summed E-state index contributed by atoms with van der Waals surface area (Å²) in [6.45, 7) is 0. The van der Waals surface area contributed by atoms with E-state index in [1.807, 2.05) is 0 Å². The minimum atomic E-state index is 0.0553. The molecule has 0 radical (unpaired) electrons. The first kappa shape index (κ1) is 28.8. The van der Waals surface area contributed by atoms with Crippen molar-refractivity contribution >= 4 is 32.3 Å². The van der Waals surface area contributed by atoms with Crippen LogP contribution in [-0.2, 0) is 5.41 Å². The Balaban J connectivity index is 1.07. The molecule has 0 aliphatic heterocycles. The highest BCUT2D eigenvalue weighted by Gasteiger charge is 2.45. The van der Waals surface area contributed by atoms with Crippen molar-refractivity contribution < 1.29 is 0 Å². The first-order chi connectivity index (χ1) is 25.2. The Morgan fingerprint density at radius 3 is 1.43 bits per heavy atom. The van der Waals surface area contributed by atoms with Gasteiger partial charge >= 0.3 is 0 Å². The van der Waals surface area contributed by atoms with Crippen molar-refractivity contribution in [3.05, 3.63) is 181 Å². The maximum absolute atomic E-state index is 2.57. The van der Waals surface area contributed by atoms with Gasteiger partial charge in [-0.05, 0) is 142 Å². The molecule has 1 fully saturated rings. The molecular weight excluding hydrogens is 613 g/mol. The summed E-state index contributed by atoms with van der Waals surface area (Å²) in [4.78, 5) is 0. The van der Waals surface area contributed by atoms with E-state index in [0.29, 0.717) is 0 Å². The minimum Gasteiger partial charge on any atom is -0.0622 e. The fourth-order valence-corrected chi connectivity index (χ4v) is 9.74. The topological polar surface area (TPSA) is 0 Å². The molecule has 0 saturated heterocycles. The fourth-order valence-electron chi connectivity index (χ4n) is 9.74. The van der Waals surface area contributed by atoms with Crippen molar-refractivity contribution in [3.8, 4) is 55.6 Å². The van der Waals surface area contributed by atoms with Gasteiger partial charge in [-0.25, -0.2) is 0 Å². The summed E-state index contributed by atoms with van der Waals surface area (Å²) in [5, 5.41) is 8.07. The molecule has 0 unspecified atom stereocenters. The number of rotatable bonds is 4. The maximum atomic E-state index is 2.57. The van der Waals surface area contributed by atoms with E-state index in [2.05, 4.69) is 170 Å². The average molecular weight is 649 g/mol. The zero-order chi connectivity index (χ0) is 33.5. The lowest BCUT2D eigenvalue weighted by Crippen LogP contribution is -2.20. The molecule has 0 amide bonds. The van der Waals surface area contributed by atoms with Crippen LogP contribution in [0.1, 0.15) is 36.8 Å². The molecular formula is C51H36. The Labute approximate surface area is 299 Å². The minimum absolute atomic E-state index is 0.0553. The standard InChI is InChI=1S/C51H36/c1-3-10-33(11-4-1)40-28-41(34-12-5-2-6-13-34)30-42(29-40)38-20-23-44-45-24-21-39(32-48(45)51(47(44)31-38)26-7-8-27-51)43-22-18-37-17-16-35-14-9-15-36-19-25-46(43)50(37)49(35)36/h1-6,9-25,28-32H,7-8,26-27H2. The van der Waals surface area contributed by atoms with Gasteiger partial charge in [0.05, 0.1) is 0 Å². The molecule has 1 spiro atoms. The van der Waals surface area contributed by atoms with E-state index >= 15 is 0 Å². The summed E-state index contributed by atoms with van der Waals surface area (Å²) < 4.78 is 0. The number of benzene rings is 9. The lowest BCUT2D eigenvalue weighted by atomic mass is 9.75. The van der Waals surface area contributed by atoms with Crippen LogP contribution in [0.15, 0.2) is 170 Å². The van der Waals surface area contributed by atoms with Crippen LogP contribution < -0.4 is 0 Å². The highest BCUT2D eigenvalue weighted by Crippen LogP contribution is 2.58. The van der Waals surface area contributed by atoms with Crippen LogP contribution in [0.3, 0.4) is 0 Å². The second-order valence-electron chi connectivity index (χ2n) is 14.8. The van der Waals surface area contributed by atoms with Crippen LogP contribution in [0.4, 0.5) is 0 Å². The van der Waals surface area contributed by atoms with Gasteiger partial charge in [-0.1, -0.05) is 152 Å². The quantitative estimate of drug-likeness (QED) is 0.167. The number of fused-ring (bicyclic) bond motifs is 5. The van der Waals surface area contributed by atoms with Crippen LogP contribution in [0.5, 0.6) is 0 Å². The van der Waals surface area contributed by atoms with Crippen molar-refractivity contribution in [2.24, 2.45) is 0 Å². The summed E-state index contributed by atoms with van der Waals surface area (Å²) in [6.07, 6.45) is 4.96. The Hall–Kier alpha value is -5.98. The third-order valence-electron chi connectivity index (χ3n) is 12.1. The van der Waals surface area contributed by atoms with E-state index in [-0.39, 0.29) is 5.41 Å². The van der Waals surface area contributed by atoms with Crippen LogP contribution in [0.2, 0.25) is 0 Å². The fraction of sp³-hybridized carbons (Fsp3) is 0.0980. The summed E-state index contributed by atoms with van der Waals surface area (Å²) in [6, 6.07) is 64.0. The molecule has 0 bridgehead atoms. The van der Waals surface area contributed by atoms with Gasteiger partial charge in [0.1, 0.15) is 0 Å². The maximum Gasteiger partial charge on any atom is 0.0215 e. The molecule has 2 aliphatic rings. The zero-order valence-corrected chi connectivity index (χ0v) is 28.5. The van der Waals surface area contributed by atoms with Gasteiger partial charge in [-0.3, -0.25) is 0 Å². The van der Waals surface area contributed by atoms with Gasteiger partial charge in [0, 0.05) is 5.41 Å². The second-order valence-corrected chi connectivity index (χ2v) is 14.8. The molecule has 0 aromatic heterocycles. The summed E-state index contributed by atoms with van der Waals surface area (Å²) in [5.41, 5.74) is 16.2. The van der Waals surface area contributed by atoms with Gasteiger partial charge in [0.25, 0.3) is 0 Å². The molecule has 0 atom stereocenters. The first-order valence-corrected chi connectivity index (χ1v) is 18.5. The van der Waals surface area contributed by atoms with Gasteiger partial charge in [0.2, 0.25) is 0 Å². The lowest BCUT2D eigenvalue weighted by Gasteiger charge is -2.27. The third-order valence-corrected chi connectivity index (χ3v) is 12.1. The predicted molar refractivity (Wildman–Crippen MR) is 217 cm³/mol. The van der Waals surface area contributed by atoms with Crippen molar-refractivity contribution in [1.29, 1.82) is 0 Å². The van der Waals surface area contributed by atoms with E-state index in [4.69, 9.17) is 0 Å². The van der Waals surface area contributed by atoms with Crippen LogP contribution in [0.25, 0.3) is 88.0 Å². The molecule has 9 aromatic carbocycles. The molecule has 0 heterocycles. The van der Waals surface area contributed by atoms with Gasteiger partial charge in [0.15, 0.2) is 0 Å². The summed E-state index contributed by atoms with van der Waals surface area (Å²) in [5.74, 6) is 0. The highest BCUT2D eigenvalue weighted by molar-refractivity contribution is 6.25. The van der Waals surface area contributed by atoms with Crippen LogP contribution in [-0.4, -0.2) is 0 Å². The average Bonchev–Trinajstić information content (AvgIpc) is 3.80. The molecule has 0 N–H and O–H groups in total. The molecule has 0 nitrogen and oxygen atoms in total. The second kappa shape index (κ2) is 11.0. The summed E-state index contributed by atoms with van der Waals surface area (Å²) >= 11 is 0. The van der Waals surface area contributed by atoms with E-state index in [0.717, 1.165) is 0 Å². The highest BCUT2D eigenvalue weighted by atomic mass is 14.5. The van der Waals surface area contributed by atoms with Gasteiger partial charge in [-0.2, -0.15) is 0 Å². The Kier molecular flexibility index (Phi) is 6.22. The normalized spacial score (nSPS) is 14.5. The molecule has 240 valence electrons. The van der Waals surface area contributed by atoms with Crippen LogP contribution >= 0.6 is 0 Å². The zero-order valence-electron chi connectivity index (χ0n) is 28.5. The smallest absolute Gasteiger partial charge is 0.0215 e. The van der Waals surface area contributed by atoms with E-state index in [1.165, 1.54) is 125 Å². The monoisotopic (exact) mass is 648 g/mol. The lowest BCUT2D eigenvalue weighted by molar-refractivity contribution is 0.550. The Bertz CT molecular complexity index is 2710. The molecule has 51 heavy (non-hydrogen) atoms. The largest absolute Gasteiger partial charge is 0.0622 e. The molecule has 9 aromatic rings. The van der Waals surface area contributed by atoms with E-state index < -0.39 is 0 Å². The Morgan fingerprint density at radius 1 is 0.314 bits per heavy atom. The first-order valence-electron chi connectivity index (χ1n) is 18.5. The SMILES string of the molecule is c1ccc(-c2cc(-c3ccccc3)cc(-c3ccc4c(c3)C3(CCCC3)c3cc(-c5ccc6ccc7cccc8ccc5c6c78)ccc3-4)c2)cc1. The number of hydrogen-bond donors (Lipinski definition) is 0. The molecule has 11 rings (SSSR count). The van der Waals surface area contributed by atoms with Crippen LogP contribution in [0, 0.1) is 0 Å². The van der Waals surface area contributed by atoms with Gasteiger partial charge in [-0.15, -0.1) is 0 Å². The van der Waals surface area contributed by atoms with Crippen molar-refractivity contribution in [2.45, 2.75) is 31.1 Å². The summed E-state index contributed by atoms with van der Waals surface area (Å²) in [7, 11) is 0. The van der Waals surface area contributed by atoms with Gasteiger partial charge < -0.3 is 0 Å².